The Bertz CT molecular complexity index is 492. The average Bonchev–Trinajstić information content (AvgIpc) is 2.28. The van der Waals surface area contributed by atoms with E-state index in [1.807, 2.05) is 18.2 Å². The average molecular weight is 243 g/mol. The maximum Gasteiger partial charge on any atom is 0.223 e. The number of anilines is 3. The van der Waals surface area contributed by atoms with Gasteiger partial charge in [-0.1, -0.05) is 30.3 Å². The largest absolute Gasteiger partial charge is 0.383 e. The predicted molar refractivity (Wildman–Crippen MR) is 74.1 cm³/mol. The predicted octanol–water partition coefficient (Wildman–Crippen LogP) is 1.68. The first-order valence-electron chi connectivity index (χ1n) is 5.84. The number of nitrogens with two attached hydrogens (primary N) is 2. The van der Waals surface area contributed by atoms with E-state index < -0.39 is 0 Å². The first-order chi connectivity index (χ1) is 8.63. The molecule has 94 valence electrons. The molecule has 1 aromatic heterocycles. The zero-order valence-electron chi connectivity index (χ0n) is 10.3. The zero-order valence-corrected chi connectivity index (χ0v) is 10.3. The molecule has 0 saturated carbocycles. The van der Waals surface area contributed by atoms with Crippen molar-refractivity contribution in [2.75, 3.05) is 16.8 Å². The quantitative estimate of drug-likeness (QED) is 0.760. The van der Waals surface area contributed by atoms with E-state index in [9.17, 15) is 0 Å². The number of hydrogen-bond acceptors (Lipinski definition) is 5. The summed E-state index contributed by atoms with van der Waals surface area (Å²) in [5.74, 6) is 1.21. The molecule has 0 aliphatic rings. The van der Waals surface area contributed by atoms with Crippen LogP contribution in [0.3, 0.4) is 0 Å². The van der Waals surface area contributed by atoms with Crippen molar-refractivity contribution in [3.63, 3.8) is 0 Å². The Kier molecular flexibility index (Phi) is 3.62. The van der Waals surface area contributed by atoms with Crippen molar-refractivity contribution in [3.8, 4) is 0 Å². The third kappa shape index (κ3) is 3.35. The van der Waals surface area contributed by atoms with Crippen LogP contribution in [0.2, 0.25) is 0 Å². The number of aromatic nitrogens is 2. The number of benzene rings is 1. The minimum atomic E-state index is 0.185. The molecule has 1 unspecified atom stereocenters. The van der Waals surface area contributed by atoms with Gasteiger partial charge in [-0.3, -0.25) is 0 Å². The second-order valence-electron chi connectivity index (χ2n) is 4.27. The lowest BCUT2D eigenvalue weighted by Crippen LogP contribution is -2.19. The maximum absolute atomic E-state index is 5.62. The summed E-state index contributed by atoms with van der Waals surface area (Å²) in [6, 6.07) is 12.2. The molecule has 1 atom stereocenters. The molecule has 2 aromatic rings. The molecular formula is C13H17N5. The highest BCUT2D eigenvalue weighted by molar-refractivity contribution is 5.48. The fourth-order valence-corrected chi connectivity index (χ4v) is 1.83. The Hall–Kier alpha value is -2.30. The van der Waals surface area contributed by atoms with E-state index in [0.29, 0.717) is 11.6 Å². The molecule has 0 amide bonds. The lowest BCUT2D eigenvalue weighted by Gasteiger charge is -2.14. The van der Waals surface area contributed by atoms with Gasteiger partial charge in [0.25, 0.3) is 0 Å². The number of nitrogens with zero attached hydrogens (tertiary/aromatic N) is 2. The van der Waals surface area contributed by atoms with Crippen LogP contribution in [0.4, 0.5) is 17.6 Å². The summed E-state index contributed by atoms with van der Waals surface area (Å²) in [7, 11) is 0. The Balaban J connectivity index is 2.01. The first-order valence-corrected chi connectivity index (χ1v) is 5.84. The van der Waals surface area contributed by atoms with E-state index >= 15 is 0 Å². The van der Waals surface area contributed by atoms with E-state index in [-0.39, 0.29) is 12.0 Å². The minimum absolute atomic E-state index is 0.185. The molecule has 0 aliphatic carbocycles. The third-order valence-electron chi connectivity index (χ3n) is 2.54. The molecular weight excluding hydrogens is 226 g/mol. The van der Waals surface area contributed by atoms with Crippen LogP contribution in [0.25, 0.3) is 0 Å². The molecule has 0 saturated heterocycles. The van der Waals surface area contributed by atoms with Gasteiger partial charge in [-0.05, 0) is 18.9 Å². The van der Waals surface area contributed by atoms with Gasteiger partial charge in [0, 0.05) is 12.1 Å². The van der Waals surface area contributed by atoms with Gasteiger partial charge in [-0.25, -0.2) is 0 Å². The van der Waals surface area contributed by atoms with Crippen LogP contribution in [-0.2, 0) is 6.42 Å². The van der Waals surface area contributed by atoms with Gasteiger partial charge in [0.2, 0.25) is 5.95 Å². The SMILES string of the molecule is CC(Cc1ccccc1)Nc1cc(N)nc(N)n1. The first kappa shape index (κ1) is 12.2. The van der Waals surface area contributed by atoms with E-state index in [1.54, 1.807) is 6.07 Å². The van der Waals surface area contributed by atoms with Gasteiger partial charge in [0.05, 0.1) is 0 Å². The van der Waals surface area contributed by atoms with Crippen molar-refractivity contribution >= 4 is 17.6 Å². The van der Waals surface area contributed by atoms with Crippen LogP contribution in [0.15, 0.2) is 36.4 Å². The molecule has 0 aliphatic heterocycles. The fraction of sp³-hybridized carbons (Fsp3) is 0.231. The molecule has 1 aromatic carbocycles. The fourth-order valence-electron chi connectivity index (χ4n) is 1.83. The lowest BCUT2D eigenvalue weighted by atomic mass is 10.1. The van der Waals surface area contributed by atoms with Gasteiger partial charge in [-0.15, -0.1) is 0 Å². The van der Waals surface area contributed by atoms with Crippen molar-refractivity contribution in [1.29, 1.82) is 0 Å². The minimum Gasteiger partial charge on any atom is -0.383 e. The van der Waals surface area contributed by atoms with Crippen LogP contribution < -0.4 is 16.8 Å². The highest BCUT2D eigenvalue weighted by Gasteiger charge is 2.06. The normalized spacial score (nSPS) is 12.1. The van der Waals surface area contributed by atoms with Crippen molar-refractivity contribution in [2.45, 2.75) is 19.4 Å². The Morgan fingerprint density at radius 2 is 1.89 bits per heavy atom. The molecule has 5 N–H and O–H groups in total. The Labute approximate surface area is 106 Å². The van der Waals surface area contributed by atoms with Crippen molar-refractivity contribution in [2.24, 2.45) is 0 Å². The van der Waals surface area contributed by atoms with Crippen LogP contribution in [0.5, 0.6) is 0 Å². The Morgan fingerprint density at radius 1 is 1.17 bits per heavy atom. The van der Waals surface area contributed by atoms with Gasteiger partial charge >= 0.3 is 0 Å². The summed E-state index contributed by atoms with van der Waals surface area (Å²) < 4.78 is 0. The van der Waals surface area contributed by atoms with Crippen molar-refractivity contribution < 1.29 is 0 Å². The standard InChI is InChI=1S/C13H17N5/c1-9(7-10-5-3-2-4-6-10)16-12-8-11(14)17-13(15)18-12/h2-6,8-9H,7H2,1H3,(H5,14,15,16,17,18). The monoisotopic (exact) mass is 243 g/mol. The van der Waals surface area contributed by atoms with Crippen LogP contribution in [0.1, 0.15) is 12.5 Å². The van der Waals surface area contributed by atoms with E-state index in [4.69, 9.17) is 11.5 Å². The van der Waals surface area contributed by atoms with Crippen LogP contribution in [0, 0.1) is 0 Å². The summed E-state index contributed by atoms with van der Waals surface area (Å²) in [6.07, 6.45) is 0.907. The van der Waals surface area contributed by atoms with Crippen molar-refractivity contribution in [1.82, 2.24) is 9.97 Å². The molecule has 5 heteroatoms. The van der Waals surface area contributed by atoms with E-state index in [0.717, 1.165) is 6.42 Å². The van der Waals surface area contributed by atoms with E-state index in [1.165, 1.54) is 5.56 Å². The lowest BCUT2D eigenvalue weighted by molar-refractivity contribution is 0.784. The summed E-state index contributed by atoms with van der Waals surface area (Å²) in [4.78, 5) is 7.92. The third-order valence-corrected chi connectivity index (χ3v) is 2.54. The molecule has 0 fully saturated rings. The summed E-state index contributed by atoms with van der Waals surface area (Å²) >= 11 is 0. The van der Waals surface area contributed by atoms with Crippen LogP contribution >= 0.6 is 0 Å². The summed E-state index contributed by atoms with van der Waals surface area (Å²) in [6.45, 7) is 2.08. The molecule has 0 spiro atoms. The molecule has 1 heterocycles. The van der Waals surface area contributed by atoms with Crippen LogP contribution in [-0.4, -0.2) is 16.0 Å². The number of nitrogens with one attached hydrogen (secondary N) is 1. The highest BCUT2D eigenvalue weighted by Crippen LogP contribution is 2.12. The molecule has 18 heavy (non-hydrogen) atoms. The van der Waals surface area contributed by atoms with E-state index in [2.05, 4.69) is 34.3 Å². The van der Waals surface area contributed by atoms with Gasteiger partial charge in [0.15, 0.2) is 0 Å². The number of nitrogen functional groups attached to an aromatic ring is 2. The van der Waals surface area contributed by atoms with Gasteiger partial charge in [-0.2, -0.15) is 9.97 Å². The summed E-state index contributed by atoms with van der Waals surface area (Å²) in [5, 5.41) is 3.26. The highest BCUT2D eigenvalue weighted by atomic mass is 15.1. The van der Waals surface area contributed by atoms with Gasteiger partial charge < -0.3 is 16.8 Å². The number of hydrogen-bond donors (Lipinski definition) is 3. The topological polar surface area (TPSA) is 89.8 Å². The second-order valence-corrected chi connectivity index (χ2v) is 4.27. The Morgan fingerprint density at radius 3 is 2.56 bits per heavy atom. The number of rotatable bonds is 4. The molecule has 0 radical (unpaired) electrons. The second kappa shape index (κ2) is 5.35. The maximum atomic E-state index is 5.62. The van der Waals surface area contributed by atoms with Gasteiger partial charge in [0.1, 0.15) is 11.6 Å². The van der Waals surface area contributed by atoms with Crippen molar-refractivity contribution in [3.05, 3.63) is 42.0 Å². The molecule has 5 nitrogen and oxygen atoms in total. The summed E-state index contributed by atoms with van der Waals surface area (Å²) in [5.41, 5.74) is 12.4. The molecule has 0 bridgehead atoms. The smallest absolute Gasteiger partial charge is 0.223 e. The molecule has 2 rings (SSSR count). The zero-order chi connectivity index (χ0) is 13.0.